The fourth-order valence-corrected chi connectivity index (χ4v) is 3.39. The van der Waals surface area contributed by atoms with Crippen LogP contribution in [0, 0.1) is 12.8 Å². The van der Waals surface area contributed by atoms with Gasteiger partial charge in [-0.05, 0) is 50.9 Å². The number of aromatic nitrogens is 2. The van der Waals surface area contributed by atoms with Crippen molar-refractivity contribution in [1.82, 2.24) is 15.1 Å². The highest BCUT2D eigenvalue weighted by Crippen LogP contribution is 2.27. The van der Waals surface area contributed by atoms with Gasteiger partial charge in [0.1, 0.15) is 5.82 Å². The van der Waals surface area contributed by atoms with Crippen LogP contribution in [0.2, 0.25) is 0 Å². The highest BCUT2D eigenvalue weighted by molar-refractivity contribution is 5.92. The van der Waals surface area contributed by atoms with Gasteiger partial charge in [-0.25, -0.2) is 4.68 Å². The minimum Gasteiger partial charge on any atom is -0.314 e. The maximum Gasteiger partial charge on any atom is 0.228 e. The van der Waals surface area contributed by atoms with Crippen molar-refractivity contribution in [2.24, 2.45) is 5.92 Å². The molecule has 0 bridgehead atoms. The number of anilines is 1. The Morgan fingerprint density at radius 2 is 2.08 bits per heavy atom. The molecule has 1 saturated heterocycles. The van der Waals surface area contributed by atoms with Crippen LogP contribution in [0.3, 0.4) is 0 Å². The number of hydrogen-bond donors (Lipinski definition) is 2. The first kappa shape index (κ1) is 18.6. The van der Waals surface area contributed by atoms with E-state index in [9.17, 15) is 4.79 Å². The summed E-state index contributed by atoms with van der Waals surface area (Å²) in [7, 11) is 0. The SMILES string of the molecule is Cc1cccc(-n2nc(C(C)(C)C)cc2NC(=O)[C@H]2CCN[C@@H](C)C2)c1. The standard InChI is InChI=1S/C21H30N4O/c1-14-7-6-8-17(11-14)25-19(13-18(24-25)21(3,4)5)23-20(26)16-9-10-22-15(2)12-16/h6-8,11,13,15-16,22H,9-10,12H2,1-5H3,(H,23,26)/t15-,16-/m0/s1. The van der Waals surface area contributed by atoms with Crippen LogP contribution in [-0.4, -0.2) is 28.3 Å². The van der Waals surface area contributed by atoms with E-state index in [1.807, 2.05) is 22.9 Å². The molecule has 1 fully saturated rings. The summed E-state index contributed by atoms with van der Waals surface area (Å²) in [5, 5.41) is 11.3. The van der Waals surface area contributed by atoms with E-state index in [0.29, 0.717) is 6.04 Å². The summed E-state index contributed by atoms with van der Waals surface area (Å²) in [5.41, 5.74) is 3.01. The Kier molecular flexibility index (Phi) is 5.19. The summed E-state index contributed by atoms with van der Waals surface area (Å²) in [5.74, 6) is 0.884. The monoisotopic (exact) mass is 354 g/mol. The van der Waals surface area contributed by atoms with Crippen molar-refractivity contribution in [3.05, 3.63) is 41.6 Å². The highest BCUT2D eigenvalue weighted by Gasteiger charge is 2.27. The summed E-state index contributed by atoms with van der Waals surface area (Å²) in [4.78, 5) is 12.8. The Bertz CT molecular complexity index is 788. The van der Waals surface area contributed by atoms with Gasteiger partial charge in [0.25, 0.3) is 0 Å². The fraction of sp³-hybridized carbons (Fsp3) is 0.524. The van der Waals surface area contributed by atoms with Gasteiger partial charge in [-0.1, -0.05) is 32.9 Å². The van der Waals surface area contributed by atoms with Gasteiger partial charge in [0.05, 0.1) is 11.4 Å². The zero-order chi connectivity index (χ0) is 18.9. The topological polar surface area (TPSA) is 59.0 Å². The van der Waals surface area contributed by atoms with E-state index in [4.69, 9.17) is 5.10 Å². The molecule has 1 aromatic carbocycles. The molecule has 1 aliphatic rings. The first-order chi connectivity index (χ1) is 12.2. The number of piperidine rings is 1. The molecular formula is C21H30N4O. The number of nitrogens with zero attached hydrogens (tertiary/aromatic N) is 2. The molecule has 26 heavy (non-hydrogen) atoms. The second-order valence-electron chi connectivity index (χ2n) is 8.48. The van der Waals surface area contributed by atoms with Crippen LogP contribution in [-0.2, 0) is 10.2 Å². The third-order valence-electron chi connectivity index (χ3n) is 4.97. The van der Waals surface area contributed by atoms with Gasteiger partial charge in [-0.15, -0.1) is 0 Å². The van der Waals surface area contributed by atoms with Crippen molar-refractivity contribution in [3.63, 3.8) is 0 Å². The number of nitrogens with one attached hydrogen (secondary N) is 2. The number of carbonyl (C=O) groups excluding carboxylic acids is 1. The van der Waals surface area contributed by atoms with Crippen molar-refractivity contribution in [3.8, 4) is 5.69 Å². The summed E-state index contributed by atoms with van der Waals surface area (Å²) in [6, 6.07) is 10.6. The van der Waals surface area contributed by atoms with Gasteiger partial charge < -0.3 is 10.6 Å². The van der Waals surface area contributed by atoms with E-state index in [2.05, 4.69) is 57.4 Å². The molecule has 1 aliphatic heterocycles. The van der Waals surface area contributed by atoms with Crippen molar-refractivity contribution in [2.45, 2.75) is 58.9 Å². The van der Waals surface area contributed by atoms with Crippen LogP contribution >= 0.6 is 0 Å². The first-order valence-electron chi connectivity index (χ1n) is 9.46. The molecule has 2 heterocycles. The molecule has 5 nitrogen and oxygen atoms in total. The number of amides is 1. The van der Waals surface area contributed by atoms with Gasteiger partial charge in [0.2, 0.25) is 5.91 Å². The van der Waals surface area contributed by atoms with Gasteiger partial charge >= 0.3 is 0 Å². The number of aryl methyl sites for hydroxylation is 1. The second-order valence-corrected chi connectivity index (χ2v) is 8.48. The van der Waals surface area contributed by atoms with Crippen LogP contribution in [0.1, 0.15) is 51.8 Å². The zero-order valence-corrected chi connectivity index (χ0v) is 16.5. The molecule has 0 saturated carbocycles. The van der Waals surface area contributed by atoms with E-state index in [0.717, 1.165) is 36.6 Å². The molecule has 3 rings (SSSR count). The Balaban J connectivity index is 1.92. The number of hydrogen-bond acceptors (Lipinski definition) is 3. The van der Waals surface area contributed by atoms with Crippen LogP contribution in [0.4, 0.5) is 5.82 Å². The van der Waals surface area contributed by atoms with Crippen molar-refractivity contribution in [1.29, 1.82) is 0 Å². The van der Waals surface area contributed by atoms with E-state index >= 15 is 0 Å². The van der Waals surface area contributed by atoms with Crippen LogP contribution in [0.15, 0.2) is 30.3 Å². The lowest BCUT2D eigenvalue weighted by molar-refractivity contribution is -0.120. The molecule has 2 atom stereocenters. The molecule has 0 aliphatic carbocycles. The molecule has 140 valence electrons. The average Bonchev–Trinajstić information content (AvgIpc) is 2.99. The summed E-state index contributed by atoms with van der Waals surface area (Å²) in [6.45, 7) is 11.5. The maximum absolute atomic E-state index is 12.8. The number of carbonyl (C=O) groups is 1. The van der Waals surface area contributed by atoms with E-state index in [-0.39, 0.29) is 17.2 Å². The van der Waals surface area contributed by atoms with E-state index < -0.39 is 0 Å². The summed E-state index contributed by atoms with van der Waals surface area (Å²) in [6.07, 6.45) is 1.75. The Labute approximate surface area is 156 Å². The third kappa shape index (κ3) is 4.15. The largest absolute Gasteiger partial charge is 0.314 e. The molecular weight excluding hydrogens is 324 g/mol. The van der Waals surface area contributed by atoms with Crippen LogP contribution < -0.4 is 10.6 Å². The Morgan fingerprint density at radius 1 is 1.31 bits per heavy atom. The van der Waals surface area contributed by atoms with Crippen molar-refractivity contribution < 1.29 is 4.79 Å². The summed E-state index contributed by atoms with van der Waals surface area (Å²) < 4.78 is 1.86. The van der Waals surface area contributed by atoms with Crippen molar-refractivity contribution in [2.75, 3.05) is 11.9 Å². The quantitative estimate of drug-likeness (QED) is 0.881. The number of benzene rings is 1. The minimum atomic E-state index is -0.0855. The lowest BCUT2D eigenvalue weighted by atomic mass is 9.92. The smallest absolute Gasteiger partial charge is 0.228 e. The molecule has 0 radical (unpaired) electrons. The molecule has 2 aromatic rings. The molecule has 5 heteroatoms. The molecule has 0 spiro atoms. The van der Waals surface area contributed by atoms with Gasteiger partial charge in [0.15, 0.2) is 0 Å². The van der Waals surface area contributed by atoms with Gasteiger partial charge in [0, 0.05) is 23.4 Å². The molecule has 0 unspecified atom stereocenters. The third-order valence-corrected chi connectivity index (χ3v) is 4.97. The first-order valence-corrected chi connectivity index (χ1v) is 9.46. The average molecular weight is 354 g/mol. The molecule has 1 aromatic heterocycles. The van der Waals surface area contributed by atoms with Gasteiger partial charge in [-0.2, -0.15) is 5.10 Å². The Morgan fingerprint density at radius 3 is 2.73 bits per heavy atom. The second kappa shape index (κ2) is 7.23. The van der Waals surface area contributed by atoms with Crippen LogP contribution in [0.25, 0.3) is 5.69 Å². The normalized spacial score (nSPS) is 20.8. The van der Waals surface area contributed by atoms with E-state index in [1.165, 1.54) is 5.56 Å². The minimum absolute atomic E-state index is 0.0465. The van der Waals surface area contributed by atoms with Crippen LogP contribution in [0.5, 0.6) is 0 Å². The molecule has 1 amide bonds. The number of rotatable bonds is 3. The summed E-state index contributed by atoms with van der Waals surface area (Å²) >= 11 is 0. The van der Waals surface area contributed by atoms with Crippen molar-refractivity contribution >= 4 is 11.7 Å². The lowest BCUT2D eigenvalue weighted by Gasteiger charge is -2.27. The van der Waals surface area contributed by atoms with E-state index in [1.54, 1.807) is 0 Å². The molecule has 2 N–H and O–H groups in total. The highest BCUT2D eigenvalue weighted by atomic mass is 16.2. The zero-order valence-electron chi connectivity index (χ0n) is 16.5. The Hall–Kier alpha value is -2.14. The van der Waals surface area contributed by atoms with Gasteiger partial charge in [-0.3, -0.25) is 4.79 Å². The maximum atomic E-state index is 12.8. The lowest BCUT2D eigenvalue weighted by Crippen LogP contribution is -2.40. The fourth-order valence-electron chi connectivity index (χ4n) is 3.39. The predicted octanol–water partition coefficient (Wildman–Crippen LogP) is 3.80. The predicted molar refractivity (Wildman–Crippen MR) is 106 cm³/mol.